The summed E-state index contributed by atoms with van der Waals surface area (Å²) in [4.78, 5) is 27.7. The van der Waals surface area contributed by atoms with Crippen LogP contribution in [0.5, 0.6) is 5.75 Å². The molecule has 1 aliphatic rings. The van der Waals surface area contributed by atoms with Crippen molar-refractivity contribution >= 4 is 22.9 Å². The summed E-state index contributed by atoms with van der Waals surface area (Å²) in [6, 6.07) is 5.88. The van der Waals surface area contributed by atoms with E-state index in [4.69, 9.17) is 4.74 Å². The Balaban J connectivity index is 1.70. The number of Topliss-reactive ketones (excluding diaryl/α,β-unsaturated/α-hetero) is 2. The van der Waals surface area contributed by atoms with Crippen LogP contribution in [0, 0.1) is 19.8 Å². The lowest BCUT2D eigenvalue weighted by atomic mass is 9.88. The van der Waals surface area contributed by atoms with Gasteiger partial charge in [-0.25, -0.2) is 0 Å². The van der Waals surface area contributed by atoms with Crippen LogP contribution in [0.25, 0.3) is 0 Å². The van der Waals surface area contributed by atoms with Crippen molar-refractivity contribution in [3.8, 4) is 5.75 Å². The van der Waals surface area contributed by atoms with E-state index in [1.165, 1.54) is 11.3 Å². The van der Waals surface area contributed by atoms with Crippen molar-refractivity contribution in [2.45, 2.75) is 40.2 Å². The second kappa shape index (κ2) is 8.36. The molecule has 27 heavy (non-hydrogen) atoms. The molecule has 0 bridgehead atoms. The van der Waals surface area contributed by atoms with Crippen molar-refractivity contribution in [3.05, 3.63) is 50.7 Å². The molecule has 1 fully saturated rings. The topological polar surface area (TPSA) is 46.6 Å². The number of piperidine rings is 1. The molecular weight excluding hydrogens is 358 g/mol. The van der Waals surface area contributed by atoms with E-state index in [0.717, 1.165) is 65.4 Å². The van der Waals surface area contributed by atoms with Crippen LogP contribution in [0.15, 0.2) is 23.6 Å². The minimum Gasteiger partial charge on any atom is -0.496 e. The second-order valence-electron chi connectivity index (χ2n) is 7.46. The molecule has 0 radical (unpaired) electrons. The SMILES string of the molecule is COc1c(C)cc(C(=O)[C@@H]2CCCN(Cc3csc(C(C)=O)c3)C2)cc1C. The van der Waals surface area contributed by atoms with Gasteiger partial charge in [0.2, 0.25) is 0 Å². The Morgan fingerprint density at radius 3 is 2.52 bits per heavy atom. The fraction of sp³-hybridized carbons (Fsp3) is 0.455. The lowest BCUT2D eigenvalue weighted by Crippen LogP contribution is -2.38. The molecule has 1 aromatic heterocycles. The largest absolute Gasteiger partial charge is 0.496 e. The monoisotopic (exact) mass is 385 g/mol. The molecule has 1 atom stereocenters. The van der Waals surface area contributed by atoms with Gasteiger partial charge >= 0.3 is 0 Å². The Morgan fingerprint density at radius 1 is 1.22 bits per heavy atom. The fourth-order valence-corrected chi connectivity index (χ4v) is 4.77. The Morgan fingerprint density at radius 2 is 1.93 bits per heavy atom. The standard InChI is InChI=1S/C22H27NO3S/c1-14-8-19(9-15(2)22(14)26-4)21(25)18-6-5-7-23(12-18)11-17-10-20(16(3)24)27-13-17/h8-10,13,18H,5-7,11-12H2,1-4H3/t18-/m1/s1. The predicted octanol–water partition coefficient (Wildman–Crippen LogP) is 4.67. The Bertz CT molecular complexity index is 832. The summed E-state index contributed by atoms with van der Waals surface area (Å²) in [5.41, 5.74) is 3.95. The molecule has 144 valence electrons. The number of carbonyl (C=O) groups excluding carboxylic acids is 2. The number of hydrogen-bond acceptors (Lipinski definition) is 5. The molecule has 1 aromatic carbocycles. The third kappa shape index (κ3) is 4.47. The third-order valence-corrected chi connectivity index (χ3v) is 6.31. The van der Waals surface area contributed by atoms with E-state index in [1.807, 2.05) is 32.0 Å². The third-order valence-electron chi connectivity index (χ3n) is 5.23. The maximum Gasteiger partial charge on any atom is 0.169 e. The number of nitrogens with zero attached hydrogens (tertiary/aromatic N) is 1. The molecule has 3 rings (SSSR count). The van der Waals surface area contributed by atoms with Crippen molar-refractivity contribution in [1.29, 1.82) is 0 Å². The molecule has 2 heterocycles. The average Bonchev–Trinajstić information content (AvgIpc) is 3.10. The van der Waals surface area contributed by atoms with Gasteiger partial charge in [0.1, 0.15) is 5.75 Å². The van der Waals surface area contributed by atoms with Crippen molar-refractivity contribution in [3.63, 3.8) is 0 Å². The first kappa shape index (κ1) is 19.8. The number of carbonyl (C=O) groups is 2. The van der Waals surface area contributed by atoms with Gasteiger partial charge in [-0.15, -0.1) is 11.3 Å². The number of ketones is 2. The molecule has 5 heteroatoms. The normalized spacial score (nSPS) is 17.7. The Kier molecular flexibility index (Phi) is 6.12. The molecule has 1 saturated heterocycles. The highest BCUT2D eigenvalue weighted by atomic mass is 32.1. The van der Waals surface area contributed by atoms with Crippen LogP contribution in [0.4, 0.5) is 0 Å². The average molecular weight is 386 g/mol. The van der Waals surface area contributed by atoms with E-state index in [2.05, 4.69) is 10.3 Å². The summed E-state index contributed by atoms with van der Waals surface area (Å²) in [6.07, 6.45) is 1.95. The van der Waals surface area contributed by atoms with Crippen LogP contribution in [-0.4, -0.2) is 36.7 Å². The lowest BCUT2D eigenvalue weighted by Gasteiger charge is -2.32. The van der Waals surface area contributed by atoms with Gasteiger partial charge in [0.05, 0.1) is 12.0 Å². The minimum absolute atomic E-state index is 0.0249. The first-order valence-corrected chi connectivity index (χ1v) is 10.3. The van der Waals surface area contributed by atoms with Gasteiger partial charge in [-0.05, 0) is 80.4 Å². The van der Waals surface area contributed by atoms with Crippen LogP contribution in [0.3, 0.4) is 0 Å². The van der Waals surface area contributed by atoms with E-state index in [0.29, 0.717) is 0 Å². The van der Waals surface area contributed by atoms with E-state index in [1.54, 1.807) is 14.0 Å². The number of likely N-dealkylation sites (tertiary alicyclic amines) is 1. The van der Waals surface area contributed by atoms with E-state index in [9.17, 15) is 9.59 Å². The number of aryl methyl sites for hydroxylation is 2. The zero-order valence-corrected chi connectivity index (χ0v) is 17.3. The number of benzene rings is 1. The molecule has 0 amide bonds. The van der Waals surface area contributed by atoms with Gasteiger partial charge in [-0.1, -0.05) is 0 Å². The summed E-state index contributed by atoms with van der Waals surface area (Å²) in [6.45, 7) is 8.14. The van der Waals surface area contributed by atoms with E-state index >= 15 is 0 Å². The number of hydrogen-bond donors (Lipinski definition) is 0. The van der Waals surface area contributed by atoms with Crippen molar-refractivity contribution in [2.75, 3.05) is 20.2 Å². The number of thiophene rings is 1. The highest BCUT2D eigenvalue weighted by Crippen LogP contribution is 2.28. The lowest BCUT2D eigenvalue weighted by molar-refractivity contribution is 0.0811. The summed E-state index contributed by atoms with van der Waals surface area (Å²) >= 11 is 1.50. The Labute approximate surface area is 165 Å². The summed E-state index contributed by atoms with van der Waals surface area (Å²) in [5, 5.41) is 2.05. The molecule has 0 aliphatic carbocycles. The van der Waals surface area contributed by atoms with Crippen molar-refractivity contribution in [2.24, 2.45) is 5.92 Å². The van der Waals surface area contributed by atoms with Crippen LogP contribution in [-0.2, 0) is 6.54 Å². The fourth-order valence-electron chi connectivity index (χ4n) is 3.96. The van der Waals surface area contributed by atoms with E-state index in [-0.39, 0.29) is 17.5 Å². The highest BCUT2D eigenvalue weighted by Gasteiger charge is 2.27. The van der Waals surface area contributed by atoms with Crippen LogP contribution in [0.1, 0.15) is 56.5 Å². The van der Waals surface area contributed by atoms with Crippen LogP contribution < -0.4 is 4.74 Å². The number of methoxy groups -OCH3 is 1. The maximum absolute atomic E-state index is 13.1. The molecule has 4 nitrogen and oxygen atoms in total. The minimum atomic E-state index is 0.0249. The van der Waals surface area contributed by atoms with Gasteiger partial charge in [-0.2, -0.15) is 0 Å². The first-order chi connectivity index (χ1) is 12.9. The molecule has 0 unspecified atom stereocenters. The van der Waals surface area contributed by atoms with Gasteiger partial charge < -0.3 is 4.74 Å². The zero-order chi connectivity index (χ0) is 19.6. The Hall–Kier alpha value is -1.98. The summed E-state index contributed by atoms with van der Waals surface area (Å²) < 4.78 is 5.42. The first-order valence-electron chi connectivity index (χ1n) is 9.39. The second-order valence-corrected chi connectivity index (χ2v) is 8.37. The molecule has 0 saturated carbocycles. The maximum atomic E-state index is 13.1. The van der Waals surface area contributed by atoms with Crippen molar-refractivity contribution < 1.29 is 14.3 Å². The molecular formula is C22H27NO3S. The molecule has 0 spiro atoms. The predicted molar refractivity (Wildman–Crippen MR) is 109 cm³/mol. The van der Waals surface area contributed by atoms with E-state index < -0.39 is 0 Å². The zero-order valence-electron chi connectivity index (χ0n) is 16.5. The van der Waals surface area contributed by atoms with Crippen molar-refractivity contribution in [1.82, 2.24) is 4.90 Å². The number of rotatable bonds is 6. The van der Waals surface area contributed by atoms with Gasteiger partial charge in [0.15, 0.2) is 11.6 Å². The molecule has 2 aromatic rings. The van der Waals surface area contributed by atoms with Crippen LogP contribution >= 0.6 is 11.3 Å². The smallest absolute Gasteiger partial charge is 0.169 e. The van der Waals surface area contributed by atoms with Gasteiger partial charge in [-0.3, -0.25) is 14.5 Å². The molecule has 1 aliphatic heterocycles. The quantitative estimate of drug-likeness (QED) is 0.678. The number of ether oxygens (including phenoxy) is 1. The highest BCUT2D eigenvalue weighted by molar-refractivity contribution is 7.12. The van der Waals surface area contributed by atoms with Crippen LogP contribution in [0.2, 0.25) is 0 Å². The van der Waals surface area contributed by atoms with Gasteiger partial charge in [0.25, 0.3) is 0 Å². The van der Waals surface area contributed by atoms with Gasteiger partial charge in [0, 0.05) is 24.6 Å². The molecule has 0 N–H and O–H groups in total. The summed E-state index contributed by atoms with van der Waals surface area (Å²) in [5.74, 6) is 1.22. The summed E-state index contributed by atoms with van der Waals surface area (Å²) in [7, 11) is 1.66.